The van der Waals surface area contributed by atoms with Crippen molar-refractivity contribution < 1.29 is 18.7 Å². The highest BCUT2D eigenvalue weighted by Gasteiger charge is 2.25. The molecule has 0 spiro atoms. The number of nitriles is 1. The maximum Gasteiger partial charge on any atom is 0.178 e. The standard InChI is InChI=1S/C22H21ClFNO3/c1-22(2,3)21(26)15(12-25)9-14-5-8-20(27-4)16(10-14)13-28-17-6-7-19(24)18(23)11-17/h5-11H,13H2,1-4H3/b15-9-. The van der Waals surface area contributed by atoms with Crippen molar-refractivity contribution >= 4 is 23.5 Å². The first kappa shape index (κ1) is 21.5. The van der Waals surface area contributed by atoms with Crippen molar-refractivity contribution in [3.63, 3.8) is 0 Å². The fourth-order valence-corrected chi connectivity index (χ4v) is 2.62. The Labute approximate surface area is 169 Å². The van der Waals surface area contributed by atoms with Crippen molar-refractivity contribution in [3.8, 4) is 17.6 Å². The fraction of sp³-hybridized carbons (Fsp3) is 0.273. The summed E-state index contributed by atoms with van der Waals surface area (Å²) in [6, 6.07) is 11.3. The van der Waals surface area contributed by atoms with Gasteiger partial charge in [0, 0.05) is 17.0 Å². The number of hydrogen-bond donors (Lipinski definition) is 0. The molecule has 0 fully saturated rings. The Bertz CT molecular complexity index is 955. The van der Waals surface area contributed by atoms with Crippen LogP contribution in [-0.2, 0) is 11.4 Å². The van der Waals surface area contributed by atoms with Crippen LogP contribution in [0.15, 0.2) is 42.0 Å². The lowest BCUT2D eigenvalue weighted by Crippen LogP contribution is -2.21. The van der Waals surface area contributed by atoms with Gasteiger partial charge in [0.15, 0.2) is 5.78 Å². The van der Waals surface area contributed by atoms with Crippen molar-refractivity contribution in [2.75, 3.05) is 7.11 Å². The molecule has 0 aliphatic heterocycles. The number of allylic oxidation sites excluding steroid dienone is 1. The van der Waals surface area contributed by atoms with E-state index in [1.165, 1.54) is 25.3 Å². The molecule has 0 aromatic heterocycles. The number of ketones is 1. The average molecular weight is 402 g/mol. The minimum absolute atomic E-state index is 0.0273. The van der Waals surface area contributed by atoms with Gasteiger partial charge in [0.05, 0.1) is 17.7 Å². The molecule has 0 radical (unpaired) electrons. The molecule has 4 nitrogen and oxygen atoms in total. The zero-order chi connectivity index (χ0) is 20.9. The lowest BCUT2D eigenvalue weighted by Gasteiger charge is -2.16. The Morgan fingerprint density at radius 2 is 1.96 bits per heavy atom. The number of halogens is 2. The summed E-state index contributed by atoms with van der Waals surface area (Å²) in [4.78, 5) is 12.4. The van der Waals surface area contributed by atoms with E-state index in [-0.39, 0.29) is 23.0 Å². The summed E-state index contributed by atoms with van der Waals surface area (Å²) < 4.78 is 24.3. The topological polar surface area (TPSA) is 59.3 Å². The van der Waals surface area contributed by atoms with Gasteiger partial charge in [-0.05, 0) is 35.9 Å². The molecule has 28 heavy (non-hydrogen) atoms. The average Bonchev–Trinajstić information content (AvgIpc) is 2.65. The van der Waals surface area contributed by atoms with Gasteiger partial charge in [-0.2, -0.15) is 5.26 Å². The van der Waals surface area contributed by atoms with Gasteiger partial charge < -0.3 is 9.47 Å². The number of methoxy groups -OCH3 is 1. The summed E-state index contributed by atoms with van der Waals surface area (Å²) in [5.41, 5.74) is 0.805. The second-order valence-corrected chi connectivity index (χ2v) is 7.59. The van der Waals surface area contributed by atoms with Crippen LogP contribution in [0.25, 0.3) is 6.08 Å². The molecular weight excluding hydrogens is 381 g/mol. The number of hydrogen-bond acceptors (Lipinski definition) is 4. The van der Waals surface area contributed by atoms with Gasteiger partial charge in [-0.1, -0.05) is 38.4 Å². The fourth-order valence-electron chi connectivity index (χ4n) is 2.45. The Kier molecular flexibility index (Phi) is 6.82. The van der Waals surface area contributed by atoms with Crippen LogP contribution in [0.2, 0.25) is 5.02 Å². The highest BCUT2D eigenvalue weighted by molar-refractivity contribution is 6.30. The van der Waals surface area contributed by atoms with Crippen LogP contribution in [0.1, 0.15) is 31.9 Å². The van der Waals surface area contributed by atoms with Crippen molar-refractivity contribution in [1.29, 1.82) is 5.26 Å². The van der Waals surface area contributed by atoms with Crippen molar-refractivity contribution in [2.24, 2.45) is 5.41 Å². The molecule has 2 aromatic rings. The second-order valence-electron chi connectivity index (χ2n) is 7.18. The quantitative estimate of drug-likeness (QED) is 0.467. The summed E-state index contributed by atoms with van der Waals surface area (Å²) >= 11 is 5.77. The summed E-state index contributed by atoms with van der Waals surface area (Å²) in [6.07, 6.45) is 1.55. The molecule has 0 amide bonds. The van der Waals surface area contributed by atoms with Gasteiger partial charge in [0.25, 0.3) is 0 Å². The third-order valence-corrected chi connectivity index (χ3v) is 4.24. The van der Waals surface area contributed by atoms with Crippen LogP contribution in [0.4, 0.5) is 4.39 Å². The maximum atomic E-state index is 13.3. The van der Waals surface area contributed by atoms with Gasteiger partial charge in [-0.25, -0.2) is 4.39 Å². The molecule has 0 atom stereocenters. The van der Waals surface area contributed by atoms with E-state index in [9.17, 15) is 14.4 Å². The largest absolute Gasteiger partial charge is 0.496 e. The molecule has 0 bridgehead atoms. The van der Waals surface area contributed by atoms with Crippen LogP contribution in [0.5, 0.6) is 11.5 Å². The first-order valence-corrected chi connectivity index (χ1v) is 8.95. The van der Waals surface area contributed by atoms with E-state index in [1.807, 2.05) is 6.07 Å². The molecular formula is C22H21ClFNO3. The minimum atomic E-state index is -0.651. The number of rotatable bonds is 6. The lowest BCUT2D eigenvalue weighted by molar-refractivity contribution is -0.121. The Hall–Kier alpha value is -2.84. The normalized spacial score (nSPS) is 11.7. The second kappa shape index (κ2) is 8.90. The Balaban J connectivity index is 2.30. The maximum absolute atomic E-state index is 13.3. The Morgan fingerprint density at radius 3 is 2.54 bits per heavy atom. The Morgan fingerprint density at radius 1 is 1.25 bits per heavy atom. The van der Waals surface area contributed by atoms with Gasteiger partial charge in [0.1, 0.15) is 30.0 Å². The van der Waals surface area contributed by atoms with Gasteiger partial charge in [-0.3, -0.25) is 4.79 Å². The third kappa shape index (κ3) is 5.34. The van der Waals surface area contributed by atoms with Gasteiger partial charge in [0.2, 0.25) is 0 Å². The van der Waals surface area contributed by atoms with Crippen molar-refractivity contribution in [3.05, 3.63) is 63.9 Å². The molecule has 0 saturated heterocycles. The summed E-state index contributed by atoms with van der Waals surface area (Å²) in [5.74, 6) is 0.247. The van der Waals surface area contributed by atoms with Crippen LogP contribution in [0, 0.1) is 22.6 Å². The van der Waals surface area contributed by atoms with Crippen molar-refractivity contribution in [1.82, 2.24) is 0 Å². The number of nitrogens with zero attached hydrogens (tertiary/aromatic N) is 1. The summed E-state index contributed by atoms with van der Waals surface area (Å²) in [7, 11) is 1.53. The van der Waals surface area contributed by atoms with E-state index in [1.54, 1.807) is 45.0 Å². The number of carbonyl (C=O) groups excluding carboxylic acids is 1. The van der Waals surface area contributed by atoms with Crippen LogP contribution in [0.3, 0.4) is 0 Å². The molecule has 0 saturated carbocycles. The van der Waals surface area contributed by atoms with Crippen LogP contribution >= 0.6 is 11.6 Å². The predicted octanol–water partition coefficient (Wildman–Crippen LogP) is 5.59. The summed E-state index contributed by atoms with van der Waals surface area (Å²) in [5, 5.41) is 9.33. The van der Waals surface area contributed by atoms with Gasteiger partial charge >= 0.3 is 0 Å². The monoisotopic (exact) mass is 401 g/mol. The SMILES string of the molecule is COc1ccc(/C=C(/C#N)C(=O)C(C)(C)C)cc1COc1ccc(F)c(Cl)c1. The zero-order valence-electron chi connectivity index (χ0n) is 16.2. The summed E-state index contributed by atoms with van der Waals surface area (Å²) in [6.45, 7) is 5.44. The minimum Gasteiger partial charge on any atom is -0.496 e. The molecule has 146 valence electrons. The van der Waals surface area contributed by atoms with E-state index in [0.717, 1.165) is 0 Å². The van der Waals surface area contributed by atoms with E-state index in [0.29, 0.717) is 22.6 Å². The number of carbonyl (C=O) groups is 1. The molecule has 0 heterocycles. The molecule has 0 N–H and O–H groups in total. The lowest BCUT2D eigenvalue weighted by atomic mass is 9.86. The molecule has 6 heteroatoms. The third-order valence-electron chi connectivity index (χ3n) is 3.95. The van der Waals surface area contributed by atoms with Crippen LogP contribution in [-0.4, -0.2) is 12.9 Å². The van der Waals surface area contributed by atoms with E-state index in [2.05, 4.69) is 0 Å². The highest BCUT2D eigenvalue weighted by Crippen LogP contribution is 2.27. The smallest absolute Gasteiger partial charge is 0.178 e. The first-order valence-electron chi connectivity index (χ1n) is 8.57. The highest BCUT2D eigenvalue weighted by atomic mass is 35.5. The van der Waals surface area contributed by atoms with Gasteiger partial charge in [-0.15, -0.1) is 0 Å². The molecule has 2 rings (SSSR count). The number of ether oxygens (including phenoxy) is 2. The molecule has 0 aliphatic carbocycles. The van der Waals surface area contributed by atoms with Crippen LogP contribution < -0.4 is 9.47 Å². The molecule has 2 aromatic carbocycles. The van der Waals surface area contributed by atoms with E-state index in [4.69, 9.17) is 21.1 Å². The zero-order valence-corrected chi connectivity index (χ0v) is 16.9. The molecule has 0 unspecified atom stereocenters. The van der Waals surface area contributed by atoms with Crippen molar-refractivity contribution in [2.45, 2.75) is 27.4 Å². The van der Waals surface area contributed by atoms with E-state index >= 15 is 0 Å². The number of benzene rings is 2. The first-order chi connectivity index (χ1) is 13.2. The molecule has 0 aliphatic rings. The number of Topliss-reactive ketones (excluding diaryl/α,β-unsaturated/α-hetero) is 1. The predicted molar refractivity (Wildman–Crippen MR) is 107 cm³/mol. The van der Waals surface area contributed by atoms with E-state index < -0.39 is 11.2 Å².